The van der Waals surface area contributed by atoms with Crippen molar-refractivity contribution < 1.29 is 28.9 Å². The lowest BCUT2D eigenvalue weighted by Crippen LogP contribution is -2.33. The number of benzene rings is 1. The van der Waals surface area contributed by atoms with Gasteiger partial charge >= 0.3 is 5.97 Å². The summed E-state index contributed by atoms with van der Waals surface area (Å²) in [5.41, 5.74) is 1.23. The van der Waals surface area contributed by atoms with Gasteiger partial charge in [0.1, 0.15) is 17.6 Å². The van der Waals surface area contributed by atoms with Crippen LogP contribution in [0.5, 0.6) is 5.75 Å². The van der Waals surface area contributed by atoms with E-state index in [9.17, 15) is 15.0 Å². The van der Waals surface area contributed by atoms with E-state index in [4.69, 9.17) is 13.9 Å². The van der Waals surface area contributed by atoms with Crippen molar-refractivity contribution in [1.82, 2.24) is 4.98 Å². The maximum atomic E-state index is 11.6. The Morgan fingerprint density at radius 3 is 2.56 bits per heavy atom. The Morgan fingerprint density at radius 2 is 1.97 bits per heavy atom. The summed E-state index contributed by atoms with van der Waals surface area (Å²) in [5.74, 6) is 0.975. The number of aliphatic hydroxyl groups is 1. The minimum absolute atomic E-state index is 0.156. The third-order valence-electron chi connectivity index (χ3n) is 5.01. The number of nitrogens with zero attached hydrogens (tertiary/aromatic N) is 1. The van der Waals surface area contributed by atoms with Crippen LogP contribution in [0.25, 0.3) is 10.1 Å². The van der Waals surface area contributed by atoms with Gasteiger partial charge in [0, 0.05) is 27.5 Å². The van der Waals surface area contributed by atoms with Gasteiger partial charge in [0.05, 0.1) is 18.4 Å². The molecule has 0 saturated heterocycles. The minimum Gasteiger partial charge on any atom is -0.493 e. The number of oxazole rings is 1. The lowest BCUT2D eigenvalue weighted by atomic mass is 9.97. The summed E-state index contributed by atoms with van der Waals surface area (Å²) in [6.45, 7) is 12.0. The molecule has 3 rings (SSSR count). The molecule has 2 unspecified atom stereocenters. The Kier molecular flexibility index (Phi) is 7.27. The molecule has 0 bridgehead atoms. The summed E-state index contributed by atoms with van der Waals surface area (Å²) in [6.07, 6.45) is -2.37. The number of ether oxygens (including phenoxy) is 2. The molecular formula is C24H31NO6S. The quantitative estimate of drug-likeness (QED) is 0.461. The largest absolute Gasteiger partial charge is 0.493 e. The molecule has 32 heavy (non-hydrogen) atoms. The molecule has 2 aromatic heterocycles. The number of fused-ring (bicyclic) bond motifs is 1. The normalized spacial score (nSPS) is 14.1. The average Bonchev–Trinajstić information content (AvgIpc) is 3.32. The van der Waals surface area contributed by atoms with Gasteiger partial charge in [0.25, 0.3) is 0 Å². The van der Waals surface area contributed by atoms with Crippen molar-refractivity contribution in [2.24, 2.45) is 0 Å². The molecule has 0 aliphatic heterocycles. The first-order chi connectivity index (χ1) is 15.0. The van der Waals surface area contributed by atoms with Crippen LogP contribution in [0.1, 0.15) is 63.6 Å². The Labute approximate surface area is 192 Å². The van der Waals surface area contributed by atoms with Gasteiger partial charge in [-0.05, 0) is 38.3 Å². The van der Waals surface area contributed by atoms with Crippen LogP contribution >= 0.6 is 11.3 Å². The molecule has 8 heteroatoms. The molecular weight excluding hydrogens is 430 g/mol. The van der Waals surface area contributed by atoms with Gasteiger partial charge in [-0.15, -0.1) is 11.3 Å². The summed E-state index contributed by atoms with van der Waals surface area (Å²) in [4.78, 5) is 16.3. The van der Waals surface area contributed by atoms with E-state index < -0.39 is 18.2 Å². The third-order valence-corrected chi connectivity index (χ3v) is 5.97. The van der Waals surface area contributed by atoms with Gasteiger partial charge in [-0.1, -0.05) is 26.8 Å². The summed E-state index contributed by atoms with van der Waals surface area (Å²) in [6, 6.07) is 5.37. The molecule has 0 fully saturated rings. The molecule has 0 amide bonds. The standard InChI is InChI=1S/C24H31NO6S/c1-13(2)30-20(22(27)28)19(26)16-7-8-18(15-10-12-32-21(15)16)29-11-9-17-14(3)31-23(25-17)24(4,5)6/h7-8,10,12-13,19-20,26H,9,11H2,1-6H3,(H,27,28). The smallest absolute Gasteiger partial charge is 0.335 e. The predicted molar refractivity (Wildman–Crippen MR) is 124 cm³/mol. The van der Waals surface area contributed by atoms with Crippen LogP contribution in [-0.4, -0.2) is 40.0 Å². The number of carboxylic acids is 1. The minimum atomic E-state index is -1.35. The molecule has 2 N–H and O–H groups in total. The average molecular weight is 462 g/mol. The zero-order chi connectivity index (χ0) is 23.6. The van der Waals surface area contributed by atoms with Gasteiger partial charge in [0.2, 0.25) is 0 Å². The van der Waals surface area contributed by atoms with Crippen molar-refractivity contribution in [3.05, 3.63) is 46.5 Å². The van der Waals surface area contributed by atoms with Crippen molar-refractivity contribution in [2.45, 2.75) is 71.7 Å². The highest BCUT2D eigenvalue weighted by Crippen LogP contribution is 2.37. The van der Waals surface area contributed by atoms with Crippen molar-refractivity contribution in [3.8, 4) is 5.75 Å². The Balaban J connectivity index is 1.77. The first-order valence-corrected chi connectivity index (χ1v) is 11.5. The third kappa shape index (κ3) is 5.31. The Hall–Kier alpha value is -2.42. The SMILES string of the molecule is Cc1oc(C(C)(C)C)nc1CCOc1ccc(C(O)C(OC(C)C)C(=O)O)c2sccc12. The fraction of sp³-hybridized carbons (Fsp3) is 0.500. The van der Waals surface area contributed by atoms with Gasteiger partial charge in [0.15, 0.2) is 12.0 Å². The molecule has 2 heterocycles. The highest BCUT2D eigenvalue weighted by atomic mass is 32.1. The Morgan fingerprint density at radius 1 is 1.25 bits per heavy atom. The van der Waals surface area contributed by atoms with Crippen LogP contribution in [0.15, 0.2) is 28.0 Å². The van der Waals surface area contributed by atoms with Crippen LogP contribution < -0.4 is 4.74 Å². The summed E-state index contributed by atoms with van der Waals surface area (Å²) >= 11 is 1.43. The van der Waals surface area contributed by atoms with Crippen LogP contribution in [0.3, 0.4) is 0 Å². The highest BCUT2D eigenvalue weighted by Gasteiger charge is 2.31. The molecule has 0 aliphatic rings. The first kappa shape index (κ1) is 24.2. The highest BCUT2D eigenvalue weighted by molar-refractivity contribution is 7.17. The molecule has 0 saturated carbocycles. The van der Waals surface area contributed by atoms with Crippen LogP contribution in [-0.2, 0) is 21.4 Å². The second kappa shape index (κ2) is 9.60. The number of carbonyl (C=O) groups is 1. The van der Waals surface area contributed by atoms with Crippen LogP contribution in [0.2, 0.25) is 0 Å². The fourth-order valence-electron chi connectivity index (χ4n) is 3.38. The van der Waals surface area contributed by atoms with E-state index in [1.807, 2.05) is 18.4 Å². The summed E-state index contributed by atoms with van der Waals surface area (Å²) in [7, 11) is 0. The molecule has 1 aromatic carbocycles. The molecule has 0 radical (unpaired) electrons. The fourth-order valence-corrected chi connectivity index (χ4v) is 4.34. The zero-order valence-electron chi connectivity index (χ0n) is 19.3. The summed E-state index contributed by atoms with van der Waals surface area (Å²) in [5, 5.41) is 23.0. The van der Waals surface area contributed by atoms with Gasteiger partial charge in [-0.25, -0.2) is 9.78 Å². The van der Waals surface area contributed by atoms with Crippen LogP contribution in [0, 0.1) is 6.92 Å². The number of aliphatic hydroxyl groups excluding tert-OH is 1. The Bertz CT molecular complexity index is 1080. The topological polar surface area (TPSA) is 102 Å². The number of hydrogen-bond donors (Lipinski definition) is 2. The van der Waals surface area contributed by atoms with Gasteiger partial charge in [-0.3, -0.25) is 0 Å². The number of carboxylic acid groups (broad SMARTS) is 1. The predicted octanol–water partition coefficient (Wildman–Crippen LogP) is 5.03. The maximum Gasteiger partial charge on any atom is 0.335 e. The number of aryl methyl sites for hydroxylation is 1. The second-order valence-corrected chi connectivity index (χ2v) is 9.99. The number of aromatic nitrogens is 1. The van der Waals surface area contributed by atoms with Crippen molar-refractivity contribution in [2.75, 3.05) is 6.61 Å². The zero-order valence-corrected chi connectivity index (χ0v) is 20.2. The molecule has 0 aliphatic carbocycles. The molecule has 2 atom stereocenters. The van der Waals surface area contributed by atoms with E-state index in [2.05, 4.69) is 25.8 Å². The molecule has 3 aromatic rings. The van der Waals surface area contributed by atoms with Gasteiger partial charge in [-0.2, -0.15) is 0 Å². The lowest BCUT2D eigenvalue weighted by molar-refractivity contribution is -0.163. The van der Waals surface area contributed by atoms with Gasteiger partial charge < -0.3 is 24.1 Å². The number of rotatable bonds is 9. The van der Waals surface area contributed by atoms with E-state index in [0.717, 1.165) is 21.5 Å². The number of hydrogen-bond acceptors (Lipinski definition) is 7. The second-order valence-electron chi connectivity index (χ2n) is 9.08. The van der Waals surface area contributed by atoms with E-state index >= 15 is 0 Å². The monoisotopic (exact) mass is 461 g/mol. The van der Waals surface area contributed by atoms with Crippen molar-refractivity contribution in [1.29, 1.82) is 0 Å². The van der Waals surface area contributed by atoms with E-state index in [1.165, 1.54) is 11.3 Å². The van der Waals surface area contributed by atoms with E-state index in [1.54, 1.807) is 26.0 Å². The maximum absolute atomic E-state index is 11.6. The first-order valence-electron chi connectivity index (χ1n) is 10.6. The number of aliphatic carboxylic acids is 1. The van der Waals surface area contributed by atoms with Crippen molar-refractivity contribution in [3.63, 3.8) is 0 Å². The van der Waals surface area contributed by atoms with E-state index in [-0.39, 0.29) is 11.5 Å². The van der Waals surface area contributed by atoms with Crippen LogP contribution in [0.4, 0.5) is 0 Å². The molecule has 174 valence electrons. The van der Waals surface area contributed by atoms with E-state index in [0.29, 0.717) is 30.2 Å². The molecule has 7 nitrogen and oxygen atoms in total. The summed E-state index contributed by atoms with van der Waals surface area (Å²) < 4.78 is 18.1. The van der Waals surface area contributed by atoms with Crippen molar-refractivity contribution >= 4 is 27.4 Å². The molecule has 0 spiro atoms. The number of thiophene rings is 1. The lowest BCUT2D eigenvalue weighted by Gasteiger charge is -2.23.